The van der Waals surface area contributed by atoms with Gasteiger partial charge in [0, 0.05) is 5.02 Å². The van der Waals surface area contributed by atoms with Gasteiger partial charge in [-0.2, -0.15) is 0 Å². The molecular formula is C17H21ClFNO3. The van der Waals surface area contributed by atoms with Crippen LogP contribution < -0.4 is 0 Å². The third-order valence-corrected chi connectivity index (χ3v) is 3.95. The molecular weight excluding hydrogens is 321 g/mol. The molecule has 1 fully saturated rings. The van der Waals surface area contributed by atoms with E-state index in [2.05, 4.69) is 0 Å². The minimum Gasteiger partial charge on any atom is -0.444 e. The van der Waals surface area contributed by atoms with Gasteiger partial charge >= 0.3 is 6.09 Å². The monoisotopic (exact) mass is 341 g/mol. The van der Waals surface area contributed by atoms with Crippen LogP contribution in [0.25, 0.3) is 0 Å². The number of ether oxygens (including phenoxy) is 1. The van der Waals surface area contributed by atoms with Crippen LogP contribution in [-0.2, 0) is 9.53 Å². The van der Waals surface area contributed by atoms with Crippen LogP contribution in [-0.4, -0.2) is 28.4 Å². The smallest absolute Gasteiger partial charge is 0.411 e. The highest BCUT2D eigenvalue weighted by atomic mass is 35.5. The summed E-state index contributed by atoms with van der Waals surface area (Å²) in [4.78, 5) is 25.9. The van der Waals surface area contributed by atoms with E-state index in [1.165, 1.54) is 24.0 Å². The normalized spacial score (nSPS) is 21.4. The number of hydrogen-bond acceptors (Lipinski definition) is 3. The second-order valence-corrected chi connectivity index (χ2v) is 7.25. The summed E-state index contributed by atoms with van der Waals surface area (Å²) >= 11 is 5.92. The number of rotatable bonds is 2. The van der Waals surface area contributed by atoms with Gasteiger partial charge in [0.25, 0.3) is 0 Å². The molecule has 0 unspecified atom stereocenters. The molecule has 0 spiro atoms. The third-order valence-electron chi connectivity index (χ3n) is 3.73. The van der Waals surface area contributed by atoms with Crippen molar-refractivity contribution in [2.24, 2.45) is 0 Å². The molecule has 0 radical (unpaired) electrons. The van der Waals surface area contributed by atoms with Crippen molar-refractivity contribution in [1.82, 2.24) is 4.90 Å². The maximum atomic E-state index is 13.7. The summed E-state index contributed by atoms with van der Waals surface area (Å²) in [6.07, 6.45) is 0.511. The zero-order valence-corrected chi connectivity index (χ0v) is 14.5. The Bertz CT molecular complexity index is 607. The zero-order valence-electron chi connectivity index (χ0n) is 13.7. The number of halogens is 2. The van der Waals surface area contributed by atoms with E-state index in [4.69, 9.17) is 16.3 Å². The number of nitrogens with zero attached hydrogens (tertiary/aromatic N) is 1. The maximum absolute atomic E-state index is 13.7. The molecule has 1 aromatic rings. The predicted octanol–water partition coefficient (Wildman–Crippen LogP) is 4.51. The molecule has 1 heterocycles. The fourth-order valence-corrected chi connectivity index (χ4v) is 3.10. The molecule has 1 aromatic carbocycles. The molecule has 0 saturated carbocycles. The number of benzene rings is 1. The molecule has 6 heteroatoms. The lowest BCUT2D eigenvalue weighted by Gasteiger charge is -2.32. The van der Waals surface area contributed by atoms with Gasteiger partial charge in [-0.1, -0.05) is 11.6 Å². The molecule has 126 valence electrons. The van der Waals surface area contributed by atoms with Crippen molar-refractivity contribution in [2.75, 3.05) is 0 Å². The Hall–Kier alpha value is -1.62. The van der Waals surface area contributed by atoms with E-state index < -0.39 is 29.6 Å². The first-order valence-corrected chi connectivity index (χ1v) is 7.94. The number of carbonyl (C=O) groups excluding carboxylic acids is 2. The van der Waals surface area contributed by atoms with Crippen LogP contribution in [0.3, 0.4) is 0 Å². The summed E-state index contributed by atoms with van der Waals surface area (Å²) in [5.41, 5.74) is -0.102. The van der Waals surface area contributed by atoms with Crippen LogP contribution in [0.1, 0.15) is 52.1 Å². The Morgan fingerprint density at radius 1 is 1.26 bits per heavy atom. The second-order valence-electron chi connectivity index (χ2n) is 6.81. The Kier molecular flexibility index (Phi) is 4.99. The third kappa shape index (κ3) is 4.22. The summed E-state index contributed by atoms with van der Waals surface area (Å²) in [6.45, 7) is 6.73. The molecule has 1 amide bonds. The average Bonchev–Trinajstić information content (AvgIpc) is 2.80. The Labute approximate surface area is 140 Å². The standard InChI is InChI=1S/C17H21ClFNO3/c1-10(21)14-5-6-15(11-7-12(18)9-13(19)8-11)20(14)16(22)23-17(2,3)4/h7-9,14-15H,5-6H2,1-4H3/t14-,15+/m1/s1. The lowest BCUT2D eigenvalue weighted by molar-refractivity contribution is -0.121. The largest absolute Gasteiger partial charge is 0.444 e. The van der Waals surface area contributed by atoms with Gasteiger partial charge in [-0.05, 0) is 64.3 Å². The van der Waals surface area contributed by atoms with Gasteiger partial charge in [-0.3, -0.25) is 9.69 Å². The van der Waals surface area contributed by atoms with Crippen molar-refractivity contribution >= 4 is 23.5 Å². The highest BCUT2D eigenvalue weighted by Gasteiger charge is 2.42. The van der Waals surface area contributed by atoms with Gasteiger partial charge in [-0.25, -0.2) is 9.18 Å². The van der Waals surface area contributed by atoms with E-state index in [0.717, 1.165) is 0 Å². The van der Waals surface area contributed by atoms with Crippen molar-refractivity contribution in [2.45, 2.75) is 58.2 Å². The number of likely N-dealkylation sites (tertiary alicyclic amines) is 1. The highest BCUT2D eigenvalue weighted by molar-refractivity contribution is 6.30. The molecule has 0 N–H and O–H groups in total. The fraction of sp³-hybridized carbons (Fsp3) is 0.529. The van der Waals surface area contributed by atoms with Crippen molar-refractivity contribution in [1.29, 1.82) is 0 Å². The number of Topliss-reactive ketones (excluding diaryl/α,β-unsaturated/α-hetero) is 1. The quantitative estimate of drug-likeness (QED) is 0.795. The lowest BCUT2D eigenvalue weighted by atomic mass is 10.0. The molecule has 2 rings (SSSR count). The van der Waals surface area contributed by atoms with Gasteiger partial charge in [0.2, 0.25) is 0 Å². The van der Waals surface area contributed by atoms with Crippen molar-refractivity contribution in [3.63, 3.8) is 0 Å². The predicted molar refractivity (Wildman–Crippen MR) is 85.9 cm³/mol. The van der Waals surface area contributed by atoms with Gasteiger partial charge in [-0.15, -0.1) is 0 Å². The van der Waals surface area contributed by atoms with E-state index in [0.29, 0.717) is 18.4 Å². The molecule has 23 heavy (non-hydrogen) atoms. The van der Waals surface area contributed by atoms with Crippen LogP contribution in [0, 0.1) is 5.82 Å². The van der Waals surface area contributed by atoms with Crippen LogP contribution in [0.2, 0.25) is 5.02 Å². The molecule has 0 bridgehead atoms. The van der Waals surface area contributed by atoms with Gasteiger partial charge < -0.3 is 4.74 Å². The Morgan fingerprint density at radius 2 is 1.91 bits per heavy atom. The van der Waals surface area contributed by atoms with E-state index in [9.17, 15) is 14.0 Å². The van der Waals surface area contributed by atoms with Crippen LogP contribution in [0.5, 0.6) is 0 Å². The minimum absolute atomic E-state index is 0.110. The molecule has 1 saturated heterocycles. The number of hydrogen-bond donors (Lipinski definition) is 0. The first-order valence-electron chi connectivity index (χ1n) is 7.56. The van der Waals surface area contributed by atoms with Gasteiger partial charge in [0.1, 0.15) is 11.4 Å². The van der Waals surface area contributed by atoms with Crippen molar-refractivity contribution in [3.8, 4) is 0 Å². The summed E-state index contributed by atoms with van der Waals surface area (Å²) in [6, 6.07) is 3.19. The Balaban J connectivity index is 2.37. The number of amides is 1. The second kappa shape index (κ2) is 6.48. The topological polar surface area (TPSA) is 46.6 Å². The summed E-state index contributed by atoms with van der Waals surface area (Å²) in [5, 5.41) is 0.260. The van der Waals surface area contributed by atoms with Crippen LogP contribution >= 0.6 is 11.6 Å². The fourth-order valence-electron chi connectivity index (χ4n) is 2.87. The minimum atomic E-state index is -0.675. The van der Waals surface area contributed by atoms with E-state index in [1.807, 2.05) is 0 Å². The van der Waals surface area contributed by atoms with Gasteiger partial charge in [0.05, 0.1) is 12.1 Å². The molecule has 1 aliphatic heterocycles. The molecule has 0 aliphatic carbocycles. The summed E-state index contributed by atoms with van der Waals surface area (Å²) in [5.74, 6) is -0.580. The summed E-state index contributed by atoms with van der Waals surface area (Å²) < 4.78 is 19.1. The van der Waals surface area contributed by atoms with Gasteiger partial charge in [0.15, 0.2) is 5.78 Å². The van der Waals surface area contributed by atoms with Crippen molar-refractivity contribution in [3.05, 3.63) is 34.6 Å². The highest BCUT2D eigenvalue weighted by Crippen LogP contribution is 2.38. The van der Waals surface area contributed by atoms with Crippen molar-refractivity contribution < 1.29 is 18.7 Å². The molecule has 2 atom stereocenters. The van der Waals surface area contributed by atoms with Crippen LogP contribution in [0.4, 0.5) is 9.18 Å². The van der Waals surface area contributed by atoms with E-state index in [-0.39, 0.29) is 10.8 Å². The van der Waals surface area contributed by atoms with Crippen LogP contribution in [0.15, 0.2) is 18.2 Å². The van der Waals surface area contributed by atoms with E-state index in [1.54, 1.807) is 26.8 Å². The first kappa shape index (κ1) is 17.7. The molecule has 1 aliphatic rings. The zero-order chi connectivity index (χ0) is 17.4. The maximum Gasteiger partial charge on any atom is 0.411 e. The Morgan fingerprint density at radius 3 is 2.43 bits per heavy atom. The summed E-state index contributed by atoms with van der Waals surface area (Å²) in [7, 11) is 0. The number of carbonyl (C=O) groups is 2. The first-order chi connectivity index (χ1) is 10.6. The molecule has 0 aromatic heterocycles. The lowest BCUT2D eigenvalue weighted by Crippen LogP contribution is -2.43. The van der Waals surface area contributed by atoms with E-state index >= 15 is 0 Å². The molecule has 4 nitrogen and oxygen atoms in total. The average molecular weight is 342 g/mol. The number of ketones is 1. The SMILES string of the molecule is CC(=O)[C@H]1CC[C@@H](c2cc(F)cc(Cl)c2)N1C(=O)OC(C)(C)C.